The van der Waals surface area contributed by atoms with E-state index in [1.807, 2.05) is 24.1 Å². The van der Waals surface area contributed by atoms with Gasteiger partial charge in [-0.15, -0.1) is 23.1 Å². The molecule has 3 aromatic heterocycles. The summed E-state index contributed by atoms with van der Waals surface area (Å²) in [6.07, 6.45) is 5.60. The maximum absolute atomic E-state index is 4.54. The fourth-order valence-corrected chi connectivity index (χ4v) is 4.51. The summed E-state index contributed by atoms with van der Waals surface area (Å²) in [5.41, 5.74) is 4.89. The summed E-state index contributed by atoms with van der Waals surface area (Å²) < 4.78 is 1.83. The summed E-state index contributed by atoms with van der Waals surface area (Å²) in [5.74, 6) is 0.850. The normalized spacial score (nSPS) is 11.2. The Hall–Kier alpha value is -2.18. The Bertz CT molecular complexity index is 986. The topological polar surface area (TPSA) is 43.6 Å². The molecule has 0 radical (unpaired) electrons. The Balaban J connectivity index is 1.72. The minimum absolute atomic E-state index is 0.850. The zero-order valence-electron chi connectivity index (χ0n) is 13.4. The average molecular weight is 352 g/mol. The molecule has 0 amide bonds. The molecule has 0 unspecified atom stereocenters. The van der Waals surface area contributed by atoms with Gasteiger partial charge in [0.1, 0.15) is 16.2 Å². The maximum atomic E-state index is 4.54. The lowest BCUT2D eigenvalue weighted by Gasteiger charge is -2.05. The lowest BCUT2D eigenvalue weighted by molar-refractivity contribution is 0.767. The Morgan fingerprint density at radius 2 is 2.00 bits per heavy atom. The number of hydrogen-bond acceptors (Lipinski definition) is 5. The predicted octanol–water partition coefficient (Wildman–Crippen LogP) is 4.69. The Labute approximate surface area is 148 Å². The van der Waals surface area contributed by atoms with Crippen molar-refractivity contribution in [3.8, 4) is 11.1 Å². The minimum Gasteiger partial charge on any atom is -0.276 e. The molecule has 0 bridgehead atoms. The van der Waals surface area contributed by atoms with Gasteiger partial charge in [0.15, 0.2) is 0 Å². The molecule has 0 fully saturated rings. The number of thiophene rings is 1. The van der Waals surface area contributed by atoms with Crippen LogP contribution in [0.5, 0.6) is 0 Å². The van der Waals surface area contributed by atoms with E-state index in [-0.39, 0.29) is 0 Å². The van der Waals surface area contributed by atoms with Gasteiger partial charge in [0.25, 0.3) is 0 Å². The zero-order valence-corrected chi connectivity index (χ0v) is 15.1. The van der Waals surface area contributed by atoms with Crippen molar-refractivity contribution in [1.82, 2.24) is 19.7 Å². The number of aryl methyl sites for hydroxylation is 2. The summed E-state index contributed by atoms with van der Waals surface area (Å²) in [7, 11) is 1.94. The largest absolute Gasteiger partial charge is 0.276 e. The van der Waals surface area contributed by atoms with Gasteiger partial charge in [-0.25, -0.2) is 9.97 Å². The van der Waals surface area contributed by atoms with E-state index in [2.05, 4.69) is 51.6 Å². The molecule has 0 spiro atoms. The molecule has 0 saturated heterocycles. The molecule has 1 aromatic carbocycles. The number of rotatable bonds is 4. The van der Waals surface area contributed by atoms with Crippen molar-refractivity contribution in [3.05, 3.63) is 59.5 Å². The first-order chi connectivity index (χ1) is 11.7. The molecule has 6 heteroatoms. The van der Waals surface area contributed by atoms with E-state index >= 15 is 0 Å². The molecule has 0 atom stereocenters. The van der Waals surface area contributed by atoms with Crippen LogP contribution in [-0.4, -0.2) is 19.7 Å². The molecule has 4 rings (SSSR count). The Morgan fingerprint density at radius 3 is 2.75 bits per heavy atom. The molecule has 4 nitrogen and oxygen atoms in total. The molecular weight excluding hydrogens is 336 g/mol. The Morgan fingerprint density at radius 1 is 1.17 bits per heavy atom. The lowest BCUT2D eigenvalue weighted by Crippen LogP contribution is -1.87. The van der Waals surface area contributed by atoms with Crippen LogP contribution in [0.25, 0.3) is 21.3 Å². The van der Waals surface area contributed by atoms with Gasteiger partial charge >= 0.3 is 0 Å². The molecular formula is C18H16N4S2. The number of benzene rings is 1. The molecule has 0 aliphatic carbocycles. The van der Waals surface area contributed by atoms with Crippen molar-refractivity contribution < 1.29 is 0 Å². The highest BCUT2D eigenvalue weighted by atomic mass is 32.2. The third-order valence-corrected chi connectivity index (χ3v) is 5.78. The van der Waals surface area contributed by atoms with Gasteiger partial charge in [0.05, 0.1) is 11.6 Å². The van der Waals surface area contributed by atoms with Gasteiger partial charge in [-0.2, -0.15) is 5.10 Å². The van der Waals surface area contributed by atoms with Gasteiger partial charge in [-0.1, -0.05) is 29.8 Å². The summed E-state index contributed by atoms with van der Waals surface area (Å²) >= 11 is 3.41. The molecule has 4 aromatic rings. The second-order valence-corrected chi connectivity index (χ2v) is 7.51. The van der Waals surface area contributed by atoms with Crippen LogP contribution in [0.4, 0.5) is 0 Å². The first kappa shape index (κ1) is 15.4. The average Bonchev–Trinajstić information content (AvgIpc) is 3.20. The monoisotopic (exact) mass is 352 g/mol. The van der Waals surface area contributed by atoms with E-state index in [0.29, 0.717) is 0 Å². The van der Waals surface area contributed by atoms with E-state index in [1.54, 1.807) is 29.4 Å². The molecule has 0 aliphatic rings. The number of fused-ring (bicyclic) bond motifs is 1. The van der Waals surface area contributed by atoms with Gasteiger partial charge in [0.2, 0.25) is 0 Å². The van der Waals surface area contributed by atoms with Crippen molar-refractivity contribution >= 4 is 33.3 Å². The molecule has 3 heterocycles. The number of hydrogen-bond donors (Lipinski definition) is 0. The van der Waals surface area contributed by atoms with Gasteiger partial charge < -0.3 is 0 Å². The second kappa shape index (κ2) is 6.37. The van der Waals surface area contributed by atoms with Gasteiger partial charge in [0, 0.05) is 35.5 Å². The van der Waals surface area contributed by atoms with Crippen LogP contribution in [0, 0.1) is 6.92 Å². The number of nitrogens with zero attached hydrogens (tertiary/aromatic N) is 4. The van der Waals surface area contributed by atoms with Crippen LogP contribution >= 0.6 is 23.1 Å². The van der Waals surface area contributed by atoms with E-state index in [4.69, 9.17) is 0 Å². The lowest BCUT2D eigenvalue weighted by atomic mass is 10.1. The van der Waals surface area contributed by atoms with Crippen LogP contribution in [0.2, 0.25) is 0 Å². The second-order valence-electron chi connectivity index (χ2n) is 5.69. The predicted molar refractivity (Wildman–Crippen MR) is 100 cm³/mol. The summed E-state index contributed by atoms with van der Waals surface area (Å²) in [6.45, 7) is 2.10. The standard InChI is InChI=1S/C18H16N4S2/c1-12-3-5-14(6-4-12)15-10-24-18-16(15)17(19-11-20-18)23-9-13-7-21-22(2)8-13/h3-8,10-11H,9H2,1-2H3. The van der Waals surface area contributed by atoms with Crippen molar-refractivity contribution in [2.75, 3.05) is 0 Å². The SMILES string of the molecule is Cc1ccc(-c2csc3ncnc(SCc4cnn(C)c4)c23)cc1. The number of aromatic nitrogens is 4. The highest BCUT2D eigenvalue weighted by Crippen LogP contribution is 2.38. The van der Waals surface area contributed by atoms with Crippen molar-refractivity contribution in [2.24, 2.45) is 7.05 Å². The first-order valence-electron chi connectivity index (χ1n) is 7.60. The van der Waals surface area contributed by atoms with Crippen LogP contribution in [0.15, 0.2) is 53.4 Å². The first-order valence-corrected chi connectivity index (χ1v) is 9.47. The maximum Gasteiger partial charge on any atom is 0.128 e. The van der Waals surface area contributed by atoms with Crippen LogP contribution in [-0.2, 0) is 12.8 Å². The molecule has 120 valence electrons. The van der Waals surface area contributed by atoms with Crippen LogP contribution in [0.1, 0.15) is 11.1 Å². The van der Waals surface area contributed by atoms with Crippen molar-refractivity contribution in [3.63, 3.8) is 0 Å². The van der Waals surface area contributed by atoms with Gasteiger partial charge in [-0.05, 0) is 12.5 Å². The highest BCUT2D eigenvalue weighted by molar-refractivity contribution is 7.98. The molecule has 24 heavy (non-hydrogen) atoms. The fourth-order valence-electron chi connectivity index (χ4n) is 2.60. The smallest absolute Gasteiger partial charge is 0.128 e. The van der Waals surface area contributed by atoms with E-state index in [9.17, 15) is 0 Å². The molecule has 0 saturated carbocycles. The molecule has 0 N–H and O–H groups in total. The zero-order chi connectivity index (χ0) is 16.5. The molecule has 0 aliphatic heterocycles. The van der Waals surface area contributed by atoms with Crippen molar-refractivity contribution in [1.29, 1.82) is 0 Å². The third-order valence-electron chi connectivity index (χ3n) is 3.83. The van der Waals surface area contributed by atoms with Crippen molar-refractivity contribution in [2.45, 2.75) is 17.7 Å². The van der Waals surface area contributed by atoms with Crippen LogP contribution in [0.3, 0.4) is 0 Å². The fraction of sp³-hybridized carbons (Fsp3) is 0.167. The summed E-state index contributed by atoms with van der Waals surface area (Å²) in [6, 6.07) is 8.62. The quantitative estimate of drug-likeness (QED) is 0.395. The number of thioether (sulfide) groups is 1. The van der Waals surface area contributed by atoms with Crippen LogP contribution < -0.4 is 0 Å². The van der Waals surface area contributed by atoms with E-state index in [1.165, 1.54) is 22.3 Å². The summed E-state index contributed by atoms with van der Waals surface area (Å²) in [4.78, 5) is 10.0. The third kappa shape index (κ3) is 2.95. The highest BCUT2D eigenvalue weighted by Gasteiger charge is 2.13. The Kier molecular flexibility index (Phi) is 4.08. The minimum atomic E-state index is 0.850. The van der Waals surface area contributed by atoms with Gasteiger partial charge in [-0.3, -0.25) is 4.68 Å². The van der Waals surface area contributed by atoms with E-state index < -0.39 is 0 Å². The summed E-state index contributed by atoms with van der Waals surface area (Å²) in [5, 5.41) is 8.59. The van der Waals surface area contributed by atoms with E-state index in [0.717, 1.165) is 21.0 Å².